The van der Waals surface area contributed by atoms with Crippen molar-refractivity contribution in [3.8, 4) is 0 Å². The Kier molecular flexibility index (Phi) is 6.52. The summed E-state index contributed by atoms with van der Waals surface area (Å²) in [6.45, 7) is 4.43. The van der Waals surface area contributed by atoms with Crippen molar-refractivity contribution in [3.05, 3.63) is 0 Å². The first-order chi connectivity index (χ1) is 8.22. The zero-order chi connectivity index (χ0) is 12.7. The minimum absolute atomic E-state index is 0.00660. The van der Waals surface area contributed by atoms with E-state index in [1.54, 1.807) is 0 Å². The van der Waals surface area contributed by atoms with Crippen molar-refractivity contribution in [1.82, 2.24) is 4.90 Å². The van der Waals surface area contributed by atoms with Gasteiger partial charge in [-0.1, -0.05) is 13.3 Å². The molecule has 0 aromatic heterocycles. The third-order valence-electron chi connectivity index (χ3n) is 3.64. The van der Waals surface area contributed by atoms with Gasteiger partial charge in [0.25, 0.3) is 0 Å². The van der Waals surface area contributed by atoms with E-state index >= 15 is 0 Å². The van der Waals surface area contributed by atoms with Crippen LogP contribution in [0, 0.1) is 11.8 Å². The van der Waals surface area contributed by atoms with Crippen molar-refractivity contribution in [2.75, 3.05) is 26.2 Å². The van der Waals surface area contributed by atoms with Gasteiger partial charge in [-0.05, 0) is 31.6 Å². The van der Waals surface area contributed by atoms with Gasteiger partial charge in [0.1, 0.15) is 0 Å². The monoisotopic (exact) mass is 242 g/mol. The topological polar surface area (TPSA) is 66.6 Å². The maximum absolute atomic E-state index is 12.3. The lowest BCUT2D eigenvalue weighted by Gasteiger charge is -2.34. The van der Waals surface area contributed by atoms with Gasteiger partial charge in [0, 0.05) is 26.2 Å². The summed E-state index contributed by atoms with van der Waals surface area (Å²) in [5, 5.41) is 8.96. The summed E-state index contributed by atoms with van der Waals surface area (Å²) in [5.74, 6) is 0.683. The van der Waals surface area contributed by atoms with Crippen LogP contribution in [0.3, 0.4) is 0 Å². The predicted molar refractivity (Wildman–Crippen MR) is 68.5 cm³/mol. The molecule has 4 nitrogen and oxygen atoms in total. The van der Waals surface area contributed by atoms with E-state index in [9.17, 15) is 4.79 Å². The summed E-state index contributed by atoms with van der Waals surface area (Å²) < 4.78 is 0. The van der Waals surface area contributed by atoms with Crippen molar-refractivity contribution in [2.24, 2.45) is 17.6 Å². The van der Waals surface area contributed by atoms with Crippen LogP contribution in [0.1, 0.15) is 39.0 Å². The SMILES string of the molecule is CCCC(CN)C(=O)N1CCCC(CCO)C1. The molecule has 17 heavy (non-hydrogen) atoms. The number of hydrogen-bond acceptors (Lipinski definition) is 3. The van der Waals surface area contributed by atoms with Gasteiger partial charge in [0.15, 0.2) is 0 Å². The van der Waals surface area contributed by atoms with Crippen LogP contribution in [0.5, 0.6) is 0 Å². The molecule has 1 heterocycles. The minimum atomic E-state index is -0.00660. The fourth-order valence-electron chi connectivity index (χ4n) is 2.63. The summed E-state index contributed by atoms with van der Waals surface area (Å²) in [6.07, 6.45) is 4.88. The average molecular weight is 242 g/mol. The smallest absolute Gasteiger partial charge is 0.226 e. The number of rotatable bonds is 6. The molecule has 1 amide bonds. The molecule has 100 valence electrons. The molecule has 4 heteroatoms. The van der Waals surface area contributed by atoms with Crippen molar-refractivity contribution in [1.29, 1.82) is 0 Å². The van der Waals surface area contributed by atoms with Crippen LogP contribution in [0.2, 0.25) is 0 Å². The van der Waals surface area contributed by atoms with E-state index in [0.717, 1.165) is 45.2 Å². The average Bonchev–Trinajstić information content (AvgIpc) is 2.36. The molecule has 1 aliphatic heterocycles. The van der Waals surface area contributed by atoms with E-state index in [4.69, 9.17) is 10.8 Å². The second-order valence-electron chi connectivity index (χ2n) is 5.03. The summed E-state index contributed by atoms with van der Waals surface area (Å²) in [6, 6.07) is 0. The fraction of sp³-hybridized carbons (Fsp3) is 0.923. The van der Waals surface area contributed by atoms with Crippen LogP contribution in [-0.4, -0.2) is 42.2 Å². The fourth-order valence-corrected chi connectivity index (χ4v) is 2.63. The lowest BCUT2D eigenvalue weighted by Crippen LogP contribution is -2.44. The van der Waals surface area contributed by atoms with Gasteiger partial charge < -0.3 is 15.7 Å². The third kappa shape index (κ3) is 4.28. The van der Waals surface area contributed by atoms with Crippen LogP contribution >= 0.6 is 0 Å². The lowest BCUT2D eigenvalue weighted by atomic mass is 9.93. The molecular formula is C13H26N2O2. The van der Waals surface area contributed by atoms with Crippen LogP contribution in [0.4, 0.5) is 0 Å². The van der Waals surface area contributed by atoms with E-state index in [-0.39, 0.29) is 18.4 Å². The van der Waals surface area contributed by atoms with E-state index in [0.29, 0.717) is 12.5 Å². The molecule has 0 spiro atoms. The summed E-state index contributed by atoms with van der Waals surface area (Å²) in [7, 11) is 0. The molecule has 1 saturated heterocycles. The van der Waals surface area contributed by atoms with E-state index in [1.807, 2.05) is 4.90 Å². The maximum atomic E-state index is 12.3. The molecule has 0 bridgehead atoms. The lowest BCUT2D eigenvalue weighted by molar-refractivity contribution is -0.137. The summed E-state index contributed by atoms with van der Waals surface area (Å²) in [5.41, 5.74) is 5.67. The van der Waals surface area contributed by atoms with Crippen LogP contribution in [0.25, 0.3) is 0 Å². The Bertz CT molecular complexity index is 231. The molecule has 0 aliphatic carbocycles. The standard InChI is InChI=1S/C13H26N2O2/c1-2-4-12(9-14)13(17)15-7-3-5-11(10-15)6-8-16/h11-12,16H,2-10,14H2,1H3. The quantitative estimate of drug-likeness (QED) is 0.729. The number of hydrogen-bond donors (Lipinski definition) is 2. The number of likely N-dealkylation sites (tertiary alicyclic amines) is 1. The molecule has 0 radical (unpaired) electrons. The first-order valence-electron chi connectivity index (χ1n) is 6.82. The number of nitrogens with zero attached hydrogens (tertiary/aromatic N) is 1. The Balaban J connectivity index is 2.49. The second-order valence-corrected chi connectivity index (χ2v) is 5.03. The number of amides is 1. The molecule has 1 fully saturated rings. The molecule has 0 aromatic carbocycles. The largest absolute Gasteiger partial charge is 0.396 e. The van der Waals surface area contributed by atoms with E-state index in [1.165, 1.54) is 0 Å². The zero-order valence-corrected chi connectivity index (χ0v) is 10.9. The Morgan fingerprint density at radius 3 is 2.94 bits per heavy atom. The first kappa shape index (κ1) is 14.5. The van der Waals surface area contributed by atoms with Gasteiger partial charge in [0.05, 0.1) is 5.92 Å². The van der Waals surface area contributed by atoms with E-state index in [2.05, 4.69) is 6.92 Å². The number of nitrogens with two attached hydrogens (primary N) is 1. The second kappa shape index (κ2) is 7.67. The van der Waals surface area contributed by atoms with E-state index < -0.39 is 0 Å². The predicted octanol–water partition coefficient (Wildman–Crippen LogP) is 0.982. The molecule has 3 N–H and O–H groups in total. The molecule has 2 unspecified atom stereocenters. The highest BCUT2D eigenvalue weighted by atomic mass is 16.3. The Hall–Kier alpha value is -0.610. The molecule has 1 aliphatic rings. The molecule has 1 rings (SSSR count). The first-order valence-corrected chi connectivity index (χ1v) is 6.82. The Labute approximate surface area is 104 Å². The normalized spacial score (nSPS) is 22.5. The number of carbonyl (C=O) groups is 1. The van der Waals surface area contributed by atoms with Crippen LogP contribution < -0.4 is 5.73 Å². The van der Waals surface area contributed by atoms with Crippen LogP contribution in [-0.2, 0) is 4.79 Å². The number of aliphatic hydroxyl groups is 1. The Morgan fingerprint density at radius 1 is 1.59 bits per heavy atom. The Morgan fingerprint density at radius 2 is 2.35 bits per heavy atom. The van der Waals surface area contributed by atoms with Gasteiger partial charge in [0.2, 0.25) is 5.91 Å². The number of carbonyl (C=O) groups excluding carboxylic acids is 1. The van der Waals surface area contributed by atoms with Crippen molar-refractivity contribution in [2.45, 2.75) is 39.0 Å². The maximum Gasteiger partial charge on any atom is 0.226 e. The van der Waals surface area contributed by atoms with Crippen molar-refractivity contribution >= 4 is 5.91 Å². The molecule has 0 saturated carbocycles. The van der Waals surface area contributed by atoms with Gasteiger partial charge in [-0.3, -0.25) is 4.79 Å². The van der Waals surface area contributed by atoms with Gasteiger partial charge in [-0.2, -0.15) is 0 Å². The highest BCUT2D eigenvalue weighted by molar-refractivity contribution is 5.79. The molecular weight excluding hydrogens is 216 g/mol. The number of piperidine rings is 1. The summed E-state index contributed by atoms with van der Waals surface area (Å²) in [4.78, 5) is 14.2. The summed E-state index contributed by atoms with van der Waals surface area (Å²) >= 11 is 0. The minimum Gasteiger partial charge on any atom is -0.396 e. The van der Waals surface area contributed by atoms with Crippen molar-refractivity contribution < 1.29 is 9.90 Å². The third-order valence-corrected chi connectivity index (χ3v) is 3.64. The molecule has 0 aromatic rings. The van der Waals surface area contributed by atoms with Crippen LogP contribution in [0.15, 0.2) is 0 Å². The molecule has 2 atom stereocenters. The number of aliphatic hydroxyl groups excluding tert-OH is 1. The highest BCUT2D eigenvalue weighted by Gasteiger charge is 2.27. The highest BCUT2D eigenvalue weighted by Crippen LogP contribution is 2.21. The van der Waals surface area contributed by atoms with Crippen molar-refractivity contribution in [3.63, 3.8) is 0 Å². The van der Waals surface area contributed by atoms with Gasteiger partial charge in [-0.15, -0.1) is 0 Å². The van der Waals surface area contributed by atoms with Gasteiger partial charge in [-0.25, -0.2) is 0 Å². The zero-order valence-electron chi connectivity index (χ0n) is 10.9. The van der Waals surface area contributed by atoms with Gasteiger partial charge >= 0.3 is 0 Å².